The van der Waals surface area contributed by atoms with Gasteiger partial charge in [-0.05, 0) is 51.5 Å². The van der Waals surface area contributed by atoms with Crippen molar-refractivity contribution in [2.24, 2.45) is 5.41 Å². The van der Waals surface area contributed by atoms with Crippen LogP contribution in [-0.2, 0) is 14.8 Å². The molecule has 1 saturated carbocycles. The van der Waals surface area contributed by atoms with Gasteiger partial charge in [-0.2, -0.15) is 0 Å². The smallest absolute Gasteiger partial charge is 0.264 e. The Morgan fingerprint density at radius 1 is 1.23 bits per heavy atom. The summed E-state index contributed by atoms with van der Waals surface area (Å²) in [5.74, 6) is -0.244. The summed E-state index contributed by atoms with van der Waals surface area (Å²) in [6.45, 7) is 5.09. The number of benzene rings is 1. The molecule has 1 aromatic carbocycles. The predicted molar refractivity (Wildman–Crippen MR) is 99.0 cm³/mol. The van der Waals surface area contributed by atoms with E-state index in [4.69, 9.17) is 27.7 Å². The molecule has 2 N–H and O–H groups in total. The van der Waals surface area contributed by atoms with Crippen molar-refractivity contribution >= 4 is 50.7 Å². The molecule has 7 nitrogen and oxygen atoms in total. The molecule has 0 saturated heterocycles. The number of halogens is 2. The van der Waals surface area contributed by atoms with Crippen LogP contribution in [0.2, 0.25) is 0 Å². The molecule has 1 atom stereocenters. The molecule has 26 heavy (non-hydrogen) atoms. The topological polar surface area (TPSA) is 101 Å². The lowest BCUT2D eigenvalue weighted by molar-refractivity contribution is -0.120. The first-order valence-electron chi connectivity index (χ1n) is 7.71. The van der Waals surface area contributed by atoms with Crippen LogP contribution in [0, 0.1) is 19.3 Å². The SMILES string of the molecule is Cc1noc(NS(=O)(=O)c2ccc(NC(=O)C3(C)CC3(Cl)Cl)cc2)c1C. The number of carbonyl (C=O) groups is 1. The third-order valence-electron chi connectivity index (χ3n) is 4.57. The average Bonchev–Trinajstić information content (AvgIpc) is 2.95. The minimum absolute atomic E-state index is 0.0191. The number of hydrogen-bond acceptors (Lipinski definition) is 5. The van der Waals surface area contributed by atoms with E-state index in [2.05, 4.69) is 15.2 Å². The molecule has 1 heterocycles. The van der Waals surface area contributed by atoms with Crippen molar-refractivity contribution in [3.05, 3.63) is 35.5 Å². The number of alkyl halides is 2. The Morgan fingerprint density at radius 2 is 1.81 bits per heavy atom. The molecule has 2 aromatic rings. The summed E-state index contributed by atoms with van der Waals surface area (Å²) in [6.07, 6.45) is 0.362. The normalized spacial score (nSPS) is 21.3. The Kier molecular flexibility index (Phi) is 4.49. The Bertz CT molecular complexity index is 970. The lowest BCUT2D eigenvalue weighted by Crippen LogP contribution is -2.25. The molecule has 0 spiro atoms. The van der Waals surface area contributed by atoms with Crippen molar-refractivity contribution in [1.82, 2.24) is 5.16 Å². The molecule has 3 rings (SSSR count). The fourth-order valence-electron chi connectivity index (χ4n) is 2.32. The third-order valence-corrected chi connectivity index (χ3v) is 7.01. The van der Waals surface area contributed by atoms with Crippen LogP contribution in [0.4, 0.5) is 11.6 Å². The Morgan fingerprint density at radius 3 is 2.27 bits per heavy atom. The van der Waals surface area contributed by atoms with Crippen LogP contribution in [0.3, 0.4) is 0 Å². The maximum Gasteiger partial charge on any atom is 0.264 e. The maximum absolute atomic E-state index is 12.4. The molecule has 1 aliphatic rings. The lowest BCUT2D eigenvalue weighted by Gasteiger charge is -2.13. The van der Waals surface area contributed by atoms with Gasteiger partial charge >= 0.3 is 0 Å². The predicted octanol–water partition coefficient (Wildman–Crippen LogP) is 3.61. The van der Waals surface area contributed by atoms with Crippen molar-refractivity contribution in [2.45, 2.75) is 36.4 Å². The zero-order valence-electron chi connectivity index (χ0n) is 14.3. The lowest BCUT2D eigenvalue weighted by atomic mass is 10.1. The van der Waals surface area contributed by atoms with Crippen LogP contribution in [-0.4, -0.2) is 23.8 Å². The van der Waals surface area contributed by atoms with Crippen molar-refractivity contribution < 1.29 is 17.7 Å². The van der Waals surface area contributed by atoms with Crippen LogP contribution in [0.25, 0.3) is 0 Å². The molecule has 1 amide bonds. The number of rotatable bonds is 5. The van der Waals surface area contributed by atoms with Crippen molar-refractivity contribution in [1.29, 1.82) is 0 Å². The zero-order valence-corrected chi connectivity index (χ0v) is 16.6. The maximum atomic E-state index is 12.4. The first-order valence-corrected chi connectivity index (χ1v) is 9.95. The minimum atomic E-state index is -3.84. The molecular weight excluding hydrogens is 401 g/mol. The van der Waals surface area contributed by atoms with E-state index in [0.29, 0.717) is 23.4 Å². The van der Waals surface area contributed by atoms with Gasteiger partial charge in [0.15, 0.2) is 0 Å². The Labute approximate surface area is 161 Å². The molecule has 1 aliphatic carbocycles. The van der Waals surface area contributed by atoms with E-state index in [1.165, 1.54) is 24.3 Å². The number of amides is 1. The van der Waals surface area contributed by atoms with E-state index in [1.54, 1.807) is 20.8 Å². The largest absolute Gasteiger partial charge is 0.337 e. The number of hydrogen-bond donors (Lipinski definition) is 2. The van der Waals surface area contributed by atoms with E-state index >= 15 is 0 Å². The van der Waals surface area contributed by atoms with Crippen molar-refractivity contribution in [3.63, 3.8) is 0 Å². The number of nitrogens with zero attached hydrogens (tertiary/aromatic N) is 1. The second-order valence-corrected chi connectivity index (χ2v) is 9.69. The summed E-state index contributed by atoms with van der Waals surface area (Å²) in [6, 6.07) is 5.72. The first-order chi connectivity index (χ1) is 12.0. The van der Waals surface area contributed by atoms with Gasteiger partial charge in [-0.1, -0.05) is 5.16 Å². The van der Waals surface area contributed by atoms with Crippen LogP contribution < -0.4 is 10.0 Å². The number of anilines is 2. The quantitative estimate of drug-likeness (QED) is 0.723. The van der Waals surface area contributed by atoms with E-state index in [0.717, 1.165) is 0 Å². The molecule has 1 aromatic heterocycles. The van der Waals surface area contributed by atoms with E-state index in [-0.39, 0.29) is 16.7 Å². The summed E-state index contributed by atoms with van der Waals surface area (Å²) in [5.41, 5.74) is 0.798. The summed E-state index contributed by atoms with van der Waals surface area (Å²) >= 11 is 12.0. The van der Waals surface area contributed by atoms with E-state index in [1.807, 2.05) is 0 Å². The molecule has 0 bridgehead atoms. The van der Waals surface area contributed by atoms with Crippen LogP contribution in [0.5, 0.6) is 0 Å². The van der Waals surface area contributed by atoms with Gasteiger partial charge in [-0.15, -0.1) is 23.2 Å². The highest BCUT2D eigenvalue weighted by Gasteiger charge is 2.67. The molecule has 10 heteroatoms. The highest BCUT2D eigenvalue weighted by Crippen LogP contribution is 2.64. The standard InChI is InChI=1S/C16H17Cl2N3O4S/c1-9-10(2)20-25-13(9)21-26(23,24)12-6-4-11(5-7-12)19-14(22)15(3)8-16(15,17)18/h4-7,21H,8H2,1-3H3,(H,19,22). The molecular formula is C16H17Cl2N3O4S. The monoisotopic (exact) mass is 417 g/mol. The number of carbonyl (C=O) groups excluding carboxylic acids is 1. The summed E-state index contributed by atoms with van der Waals surface area (Å²) in [5, 5.41) is 6.40. The van der Waals surface area contributed by atoms with E-state index in [9.17, 15) is 13.2 Å². The Hall–Kier alpha value is -1.77. The highest BCUT2D eigenvalue weighted by atomic mass is 35.5. The van der Waals surface area contributed by atoms with Gasteiger partial charge in [-0.3, -0.25) is 4.79 Å². The Balaban J connectivity index is 1.73. The number of aryl methyl sites for hydroxylation is 1. The fraction of sp³-hybridized carbons (Fsp3) is 0.375. The molecule has 1 unspecified atom stereocenters. The number of aromatic nitrogens is 1. The molecule has 0 radical (unpaired) electrons. The molecule has 140 valence electrons. The first kappa shape index (κ1) is 19.0. The van der Waals surface area contributed by atoms with Crippen LogP contribution in [0.15, 0.2) is 33.7 Å². The molecule has 0 aliphatic heterocycles. The van der Waals surface area contributed by atoms with Gasteiger partial charge in [0.1, 0.15) is 4.33 Å². The van der Waals surface area contributed by atoms with Gasteiger partial charge in [-0.25, -0.2) is 13.1 Å². The van der Waals surface area contributed by atoms with Gasteiger partial charge in [0.05, 0.1) is 16.0 Å². The zero-order chi connectivity index (χ0) is 19.3. The van der Waals surface area contributed by atoms with Gasteiger partial charge in [0.25, 0.3) is 10.0 Å². The molecule has 1 fully saturated rings. The summed E-state index contributed by atoms with van der Waals surface area (Å²) in [4.78, 5) is 12.3. The fourth-order valence-corrected chi connectivity index (χ4v) is 4.08. The van der Waals surface area contributed by atoms with Crippen molar-refractivity contribution in [3.8, 4) is 0 Å². The second-order valence-electron chi connectivity index (χ2n) is 6.52. The number of nitrogens with one attached hydrogen (secondary N) is 2. The second kappa shape index (κ2) is 6.14. The summed E-state index contributed by atoms with van der Waals surface area (Å²) in [7, 11) is -3.84. The highest BCUT2D eigenvalue weighted by molar-refractivity contribution is 7.92. The summed E-state index contributed by atoms with van der Waals surface area (Å²) < 4.78 is 31.1. The number of sulfonamides is 1. The van der Waals surface area contributed by atoms with Gasteiger partial charge in [0, 0.05) is 11.3 Å². The van der Waals surface area contributed by atoms with Gasteiger partial charge in [0.2, 0.25) is 11.8 Å². The van der Waals surface area contributed by atoms with Crippen molar-refractivity contribution in [2.75, 3.05) is 10.0 Å². The third kappa shape index (κ3) is 3.28. The average molecular weight is 418 g/mol. The van der Waals surface area contributed by atoms with Crippen LogP contribution in [0.1, 0.15) is 24.6 Å². The van der Waals surface area contributed by atoms with E-state index < -0.39 is 19.8 Å². The van der Waals surface area contributed by atoms with Gasteiger partial charge < -0.3 is 9.84 Å². The van der Waals surface area contributed by atoms with Crippen LogP contribution >= 0.6 is 23.2 Å². The minimum Gasteiger partial charge on any atom is -0.337 e.